The van der Waals surface area contributed by atoms with E-state index in [9.17, 15) is 4.79 Å². The van der Waals surface area contributed by atoms with E-state index in [2.05, 4.69) is 25.4 Å². The number of carbonyl (C=O) groups is 1. The third kappa shape index (κ3) is 1.09. The Morgan fingerprint density at radius 3 is 2.83 bits per heavy atom. The van der Waals surface area contributed by atoms with E-state index in [0.29, 0.717) is 11.4 Å². The molecule has 6 nitrogen and oxygen atoms in total. The zero-order valence-electron chi connectivity index (χ0n) is 5.88. The molecule has 0 bridgehead atoms. The van der Waals surface area contributed by atoms with Crippen LogP contribution in [0.3, 0.4) is 0 Å². The van der Waals surface area contributed by atoms with Crippen LogP contribution in [-0.4, -0.2) is 33.4 Å². The van der Waals surface area contributed by atoms with Crippen molar-refractivity contribution >= 4 is 18.0 Å². The van der Waals surface area contributed by atoms with Crippen LogP contribution in [0.25, 0.3) is 0 Å². The van der Waals surface area contributed by atoms with Gasteiger partial charge in [0.25, 0.3) is 0 Å². The summed E-state index contributed by atoms with van der Waals surface area (Å²) in [6.07, 6.45) is 2.83. The number of amides is 2. The van der Waals surface area contributed by atoms with Gasteiger partial charge in [0.05, 0.1) is 12.4 Å². The first kappa shape index (κ1) is 6.71. The predicted molar refractivity (Wildman–Crippen MR) is 40.3 cm³/mol. The molecule has 1 aliphatic rings. The van der Waals surface area contributed by atoms with Crippen molar-refractivity contribution in [2.75, 3.05) is 0 Å². The van der Waals surface area contributed by atoms with Crippen molar-refractivity contribution in [3.8, 4) is 0 Å². The number of urea groups is 1. The van der Waals surface area contributed by atoms with Crippen LogP contribution in [-0.2, 0) is 0 Å². The first-order chi connectivity index (χ1) is 5.86. The molecule has 0 atom stereocenters. The van der Waals surface area contributed by atoms with Crippen molar-refractivity contribution in [2.24, 2.45) is 9.98 Å². The summed E-state index contributed by atoms with van der Waals surface area (Å²) in [4.78, 5) is 17.6. The number of aromatic nitrogens is 3. The van der Waals surface area contributed by atoms with E-state index < -0.39 is 6.03 Å². The van der Waals surface area contributed by atoms with Gasteiger partial charge in [-0.05, 0) is 11.3 Å². The highest BCUT2D eigenvalue weighted by atomic mass is 16.2. The average Bonchev–Trinajstić information content (AvgIpc) is 2.54. The maximum absolute atomic E-state index is 10.6. The van der Waals surface area contributed by atoms with Gasteiger partial charge in [0.1, 0.15) is 11.4 Å². The van der Waals surface area contributed by atoms with Gasteiger partial charge < -0.3 is 0 Å². The maximum atomic E-state index is 10.6. The summed E-state index contributed by atoms with van der Waals surface area (Å²) in [7, 11) is 0. The average molecular weight is 161 g/mol. The molecule has 1 aromatic heterocycles. The van der Waals surface area contributed by atoms with Crippen molar-refractivity contribution in [3.63, 3.8) is 0 Å². The zero-order chi connectivity index (χ0) is 8.39. The van der Waals surface area contributed by atoms with Crippen LogP contribution in [0.5, 0.6) is 0 Å². The number of hydrogen-bond donors (Lipinski definition) is 0. The second-order valence-corrected chi connectivity index (χ2v) is 2.04. The molecule has 0 N–H and O–H groups in total. The molecular weight excluding hydrogens is 158 g/mol. The lowest BCUT2D eigenvalue weighted by atomic mass is 10.3. The van der Waals surface area contributed by atoms with E-state index in [1.165, 1.54) is 12.4 Å². The first-order valence-electron chi connectivity index (χ1n) is 3.18. The molecule has 0 fully saturated rings. The third-order valence-electron chi connectivity index (χ3n) is 1.28. The molecule has 2 amide bonds. The molecule has 12 heavy (non-hydrogen) atoms. The summed E-state index contributed by atoms with van der Waals surface area (Å²) in [5.41, 5.74) is 0.925. The minimum Gasteiger partial charge on any atom is -0.244 e. The minimum atomic E-state index is -0.511. The molecule has 0 saturated carbocycles. The SMILES string of the molecule is O=C1N=CC(c2ccnnn2)=N1. The van der Waals surface area contributed by atoms with Gasteiger partial charge in [-0.3, -0.25) is 0 Å². The van der Waals surface area contributed by atoms with E-state index in [4.69, 9.17) is 0 Å². The molecule has 0 radical (unpaired) electrons. The monoisotopic (exact) mass is 161 g/mol. The summed E-state index contributed by atoms with van der Waals surface area (Å²) in [6, 6.07) is 1.10. The fraction of sp³-hybridized carbons (Fsp3) is 0. The highest BCUT2D eigenvalue weighted by molar-refractivity contribution is 6.43. The van der Waals surface area contributed by atoms with Gasteiger partial charge in [0.2, 0.25) is 0 Å². The molecule has 6 heteroatoms. The van der Waals surface area contributed by atoms with E-state index in [1.54, 1.807) is 6.07 Å². The van der Waals surface area contributed by atoms with E-state index in [1.807, 2.05) is 0 Å². The fourth-order valence-electron chi connectivity index (χ4n) is 0.778. The Balaban J connectivity index is 2.40. The Labute approximate surface area is 67.1 Å². The van der Waals surface area contributed by atoms with Crippen molar-refractivity contribution in [1.29, 1.82) is 0 Å². The van der Waals surface area contributed by atoms with Crippen molar-refractivity contribution in [1.82, 2.24) is 15.4 Å². The van der Waals surface area contributed by atoms with Gasteiger partial charge in [-0.1, -0.05) is 0 Å². The van der Waals surface area contributed by atoms with Gasteiger partial charge >= 0.3 is 6.03 Å². The minimum absolute atomic E-state index is 0.426. The Hall–Kier alpha value is -1.98. The maximum Gasteiger partial charge on any atom is 0.367 e. The van der Waals surface area contributed by atoms with Crippen molar-refractivity contribution in [3.05, 3.63) is 18.0 Å². The normalized spacial score (nSPS) is 15.0. The van der Waals surface area contributed by atoms with Crippen LogP contribution in [0.15, 0.2) is 22.2 Å². The van der Waals surface area contributed by atoms with Crippen LogP contribution >= 0.6 is 0 Å². The molecule has 0 saturated heterocycles. The summed E-state index contributed by atoms with van der Waals surface area (Å²) >= 11 is 0. The smallest absolute Gasteiger partial charge is 0.244 e. The van der Waals surface area contributed by atoms with Gasteiger partial charge in [-0.25, -0.2) is 4.79 Å². The predicted octanol–water partition coefficient (Wildman–Crippen LogP) is -0.135. The van der Waals surface area contributed by atoms with Gasteiger partial charge in [-0.15, -0.1) is 10.2 Å². The molecule has 0 aromatic carbocycles. The molecule has 0 spiro atoms. The van der Waals surface area contributed by atoms with Gasteiger partial charge in [-0.2, -0.15) is 9.98 Å². The molecule has 2 rings (SSSR count). The third-order valence-corrected chi connectivity index (χ3v) is 1.28. The van der Waals surface area contributed by atoms with E-state index in [0.717, 1.165) is 0 Å². The lowest BCUT2D eigenvalue weighted by molar-refractivity contribution is 0.257. The summed E-state index contributed by atoms with van der Waals surface area (Å²) in [6.45, 7) is 0. The standard InChI is InChI=1S/C6H3N5O/c12-6-7-3-5(9-6)4-1-2-8-11-10-4/h1-3H. The number of nitrogens with zero attached hydrogens (tertiary/aromatic N) is 5. The highest BCUT2D eigenvalue weighted by Crippen LogP contribution is 1.99. The molecular formula is C6H3N5O. The first-order valence-corrected chi connectivity index (χ1v) is 3.18. The molecule has 58 valence electrons. The molecule has 1 aliphatic heterocycles. The largest absolute Gasteiger partial charge is 0.367 e. The summed E-state index contributed by atoms with van der Waals surface area (Å²) < 4.78 is 0. The molecule has 1 aromatic rings. The van der Waals surface area contributed by atoms with Crippen LogP contribution in [0.1, 0.15) is 5.69 Å². The van der Waals surface area contributed by atoms with Crippen LogP contribution < -0.4 is 0 Å². The number of aliphatic imine (C=N–C) groups is 2. The Kier molecular flexibility index (Phi) is 1.44. The van der Waals surface area contributed by atoms with Gasteiger partial charge in [0, 0.05) is 0 Å². The lowest BCUT2D eigenvalue weighted by Gasteiger charge is -1.89. The van der Waals surface area contributed by atoms with Crippen molar-refractivity contribution in [2.45, 2.75) is 0 Å². The number of hydrogen-bond acceptors (Lipinski definition) is 4. The second-order valence-electron chi connectivity index (χ2n) is 2.04. The van der Waals surface area contributed by atoms with E-state index >= 15 is 0 Å². The number of carbonyl (C=O) groups excluding carboxylic acids is 1. The Bertz CT molecular complexity index is 369. The molecule has 2 heterocycles. The molecule has 0 unspecified atom stereocenters. The fourth-order valence-corrected chi connectivity index (χ4v) is 0.778. The number of rotatable bonds is 1. The topological polar surface area (TPSA) is 80.5 Å². The Morgan fingerprint density at radius 1 is 1.33 bits per heavy atom. The lowest BCUT2D eigenvalue weighted by Crippen LogP contribution is -2.04. The Morgan fingerprint density at radius 2 is 2.25 bits per heavy atom. The highest BCUT2D eigenvalue weighted by Gasteiger charge is 2.10. The van der Waals surface area contributed by atoms with Crippen LogP contribution in [0.2, 0.25) is 0 Å². The van der Waals surface area contributed by atoms with Crippen LogP contribution in [0.4, 0.5) is 4.79 Å². The van der Waals surface area contributed by atoms with E-state index in [-0.39, 0.29) is 0 Å². The summed E-state index contributed by atoms with van der Waals surface area (Å²) in [5.74, 6) is 0. The quantitative estimate of drug-likeness (QED) is 0.574. The van der Waals surface area contributed by atoms with Crippen LogP contribution in [0, 0.1) is 0 Å². The zero-order valence-corrected chi connectivity index (χ0v) is 5.88. The van der Waals surface area contributed by atoms with Crippen molar-refractivity contribution < 1.29 is 4.79 Å². The summed E-state index contributed by atoms with van der Waals surface area (Å²) in [5, 5.41) is 10.6. The van der Waals surface area contributed by atoms with Gasteiger partial charge in [0.15, 0.2) is 0 Å². The second kappa shape index (κ2) is 2.57. The molecule has 0 aliphatic carbocycles.